The number of ether oxygens (including phenoxy) is 1. The van der Waals surface area contributed by atoms with Gasteiger partial charge in [-0.15, -0.1) is 6.58 Å². The van der Waals surface area contributed by atoms with Gasteiger partial charge in [0.05, 0.1) is 7.11 Å². The molecule has 2 N–H and O–H groups in total. The van der Waals surface area contributed by atoms with E-state index in [4.69, 9.17) is 14.3 Å². The highest BCUT2D eigenvalue weighted by Gasteiger charge is 2.00. The maximum atomic E-state index is 10.7. The summed E-state index contributed by atoms with van der Waals surface area (Å²) in [5.74, 6) is 0.775. The number of benzene rings is 2. The van der Waals surface area contributed by atoms with Crippen molar-refractivity contribution in [3.8, 4) is 17.2 Å². The average Bonchev–Trinajstić information content (AvgIpc) is 2.57. The Bertz CT molecular complexity index is 896. The van der Waals surface area contributed by atoms with Gasteiger partial charge in [-0.05, 0) is 42.3 Å². The predicted octanol–water partition coefficient (Wildman–Crippen LogP) is 3.63. The van der Waals surface area contributed by atoms with Crippen LogP contribution in [0.1, 0.15) is 5.56 Å². The van der Waals surface area contributed by atoms with Gasteiger partial charge < -0.3 is 19.4 Å². The zero-order chi connectivity index (χ0) is 17.5. The number of hydrogen-bond donors (Lipinski definition) is 2. The fourth-order valence-corrected chi connectivity index (χ4v) is 2.07. The summed E-state index contributed by atoms with van der Waals surface area (Å²) in [5, 5.41) is 19.1. The minimum absolute atomic E-state index is 0.0943. The van der Waals surface area contributed by atoms with E-state index < -0.39 is 5.63 Å². The predicted molar refractivity (Wildman–Crippen MR) is 92.7 cm³/mol. The highest BCUT2D eigenvalue weighted by molar-refractivity contribution is 5.77. The van der Waals surface area contributed by atoms with Crippen molar-refractivity contribution < 1.29 is 19.4 Å². The Morgan fingerprint density at radius 1 is 1.12 bits per heavy atom. The normalized spacial score (nSPS) is 9.88. The summed E-state index contributed by atoms with van der Waals surface area (Å²) in [6.45, 7) is 3.63. The van der Waals surface area contributed by atoms with E-state index >= 15 is 0 Å². The molecule has 0 radical (unpaired) electrons. The van der Waals surface area contributed by atoms with Gasteiger partial charge in [0, 0.05) is 17.5 Å². The maximum absolute atomic E-state index is 10.7. The summed E-state index contributed by atoms with van der Waals surface area (Å²) in [4.78, 5) is 10.7. The van der Waals surface area contributed by atoms with Gasteiger partial charge >= 0.3 is 5.63 Å². The Labute approximate surface area is 139 Å². The summed E-state index contributed by atoms with van der Waals surface area (Å²) >= 11 is 0. The lowest BCUT2D eigenvalue weighted by Crippen LogP contribution is -1.93. The zero-order valence-electron chi connectivity index (χ0n) is 13.2. The fraction of sp³-hybridized carbons (Fsp3) is 0.105. The number of methoxy groups -OCH3 is 1. The van der Waals surface area contributed by atoms with Crippen LogP contribution in [0.3, 0.4) is 0 Å². The summed E-state index contributed by atoms with van der Waals surface area (Å²) in [6.07, 6.45) is 2.60. The molecular weight excluding hydrogens is 308 g/mol. The molecule has 0 saturated heterocycles. The van der Waals surface area contributed by atoms with Gasteiger partial charge in [-0.2, -0.15) is 0 Å². The van der Waals surface area contributed by atoms with E-state index in [1.54, 1.807) is 30.3 Å². The van der Waals surface area contributed by atoms with Crippen LogP contribution in [-0.2, 0) is 6.42 Å². The third kappa shape index (κ3) is 4.39. The summed E-state index contributed by atoms with van der Waals surface area (Å²) < 4.78 is 9.77. The first-order valence-electron chi connectivity index (χ1n) is 7.23. The van der Waals surface area contributed by atoms with Crippen LogP contribution in [0.5, 0.6) is 17.2 Å². The number of aromatic hydroxyl groups is 2. The van der Waals surface area contributed by atoms with Gasteiger partial charge in [0.25, 0.3) is 0 Å². The largest absolute Gasteiger partial charge is 0.508 e. The van der Waals surface area contributed by atoms with Gasteiger partial charge in [-0.3, -0.25) is 0 Å². The molecule has 0 spiro atoms. The molecule has 1 heterocycles. The van der Waals surface area contributed by atoms with E-state index in [-0.39, 0.29) is 11.5 Å². The maximum Gasteiger partial charge on any atom is 0.336 e. The van der Waals surface area contributed by atoms with Gasteiger partial charge in [-0.1, -0.05) is 12.1 Å². The fourth-order valence-electron chi connectivity index (χ4n) is 2.07. The van der Waals surface area contributed by atoms with E-state index in [0.717, 1.165) is 17.4 Å². The van der Waals surface area contributed by atoms with Crippen LogP contribution in [0.15, 0.2) is 70.4 Å². The molecule has 124 valence electrons. The lowest BCUT2D eigenvalue weighted by molar-refractivity contribution is 0.373. The minimum Gasteiger partial charge on any atom is -0.508 e. The first-order chi connectivity index (χ1) is 11.5. The van der Waals surface area contributed by atoms with Crippen molar-refractivity contribution in [2.75, 3.05) is 7.11 Å². The van der Waals surface area contributed by atoms with Crippen molar-refractivity contribution in [1.29, 1.82) is 0 Å². The molecule has 2 aromatic carbocycles. The van der Waals surface area contributed by atoms with Crippen LogP contribution in [-0.4, -0.2) is 17.3 Å². The van der Waals surface area contributed by atoms with Crippen LogP contribution in [0, 0.1) is 0 Å². The van der Waals surface area contributed by atoms with Gasteiger partial charge in [-0.25, -0.2) is 4.79 Å². The number of rotatable bonds is 3. The molecule has 3 rings (SSSR count). The molecule has 0 amide bonds. The topological polar surface area (TPSA) is 79.9 Å². The van der Waals surface area contributed by atoms with Crippen LogP contribution in [0.25, 0.3) is 11.0 Å². The number of phenolic OH excluding ortho intramolecular Hbond substituents is 2. The molecule has 0 aliphatic carbocycles. The number of allylic oxidation sites excluding steroid dienone is 1. The monoisotopic (exact) mass is 326 g/mol. The van der Waals surface area contributed by atoms with E-state index in [2.05, 4.69) is 6.58 Å². The molecule has 1 aromatic heterocycles. The van der Waals surface area contributed by atoms with Crippen molar-refractivity contribution in [1.82, 2.24) is 0 Å². The van der Waals surface area contributed by atoms with E-state index in [1.807, 2.05) is 12.1 Å². The van der Waals surface area contributed by atoms with Gasteiger partial charge in [0.2, 0.25) is 0 Å². The van der Waals surface area contributed by atoms with Crippen molar-refractivity contribution in [3.05, 3.63) is 77.2 Å². The number of fused-ring (bicyclic) bond motifs is 1. The number of phenols is 2. The van der Waals surface area contributed by atoms with E-state index in [0.29, 0.717) is 11.3 Å². The molecule has 5 heteroatoms. The first kappa shape index (κ1) is 17.1. The SMILES string of the molecule is C=CCc1ccc(O)c(OC)c1.O=c1ccc2ccc(O)cc2o1. The van der Waals surface area contributed by atoms with Crippen LogP contribution >= 0.6 is 0 Å². The summed E-state index contributed by atoms with van der Waals surface area (Å²) in [5.41, 5.74) is 1.08. The second kappa shape index (κ2) is 7.87. The standard InChI is InChI=1S/C10H12O2.C9H6O3/c1-3-4-8-5-6-9(11)10(7-8)12-2;10-7-3-1-6-2-4-9(11)12-8(6)5-7/h3,5-7,11H,1,4H2,2H3;1-5,10H. The van der Waals surface area contributed by atoms with Crippen molar-refractivity contribution in [3.63, 3.8) is 0 Å². The molecule has 24 heavy (non-hydrogen) atoms. The Hall–Kier alpha value is -3.21. The summed E-state index contributed by atoms with van der Waals surface area (Å²) in [6, 6.07) is 12.9. The van der Waals surface area contributed by atoms with Crippen molar-refractivity contribution in [2.24, 2.45) is 0 Å². The molecular formula is C19H18O5. The molecule has 0 aliphatic heterocycles. The third-order valence-corrected chi connectivity index (χ3v) is 3.23. The summed E-state index contributed by atoms with van der Waals surface area (Å²) in [7, 11) is 1.53. The van der Waals surface area contributed by atoms with Crippen LogP contribution in [0.2, 0.25) is 0 Å². The Morgan fingerprint density at radius 3 is 2.58 bits per heavy atom. The minimum atomic E-state index is -0.409. The van der Waals surface area contributed by atoms with Crippen LogP contribution in [0.4, 0.5) is 0 Å². The molecule has 5 nitrogen and oxygen atoms in total. The van der Waals surface area contributed by atoms with E-state index in [9.17, 15) is 9.90 Å². The second-order valence-electron chi connectivity index (χ2n) is 4.98. The molecule has 0 bridgehead atoms. The third-order valence-electron chi connectivity index (χ3n) is 3.23. The van der Waals surface area contributed by atoms with Gasteiger partial charge in [0.15, 0.2) is 11.5 Å². The lowest BCUT2D eigenvalue weighted by atomic mass is 10.1. The second-order valence-corrected chi connectivity index (χ2v) is 4.98. The highest BCUT2D eigenvalue weighted by atomic mass is 16.5. The molecule has 0 aliphatic rings. The van der Waals surface area contributed by atoms with Crippen molar-refractivity contribution in [2.45, 2.75) is 6.42 Å². The Morgan fingerprint density at radius 2 is 1.88 bits per heavy atom. The number of hydrogen-bond acceptors (Lipinski definition) is 5. The van der Waals surface area contributed by atoms with Crippen LogP contribution < -0.4 is 10.4 Å². The zero-order valence-corrected chi connectivity index (χ0v) is 13.2. The van der Waals surface area contributed by atoms with Crippen molar-refractivity contribution >= 4 is 11.0 Å². The average molecular weight is 326 g/mol. The smallest absolute Gasteiger partial charge is 0.336 e. The Balaban J connectivity index is 0.000000174. The molecule has 0 unspecified atom stereocenters. The quantitative estimate of drug-likeness (QED) is 0.567. The highest BCUT2D eigenvalue weighted by Crippen LogP contribution is 2.26. The first-order valence-corrected chi connectivity index (χ1v) is 7.23. The molecule has 0 atom stereocenters. The molecule has 0 fully saturated rings. The molecule has 0 saturated carbocycles. The van der Waals surface area contributed by atoms with Gasteiger partial charge in [0.1, 0.15) is 11.3 Å². The van der Waals surface area contributed by atoms with E-state index in [1.165, 1.54) is 19.2 Å². The lowest BCUT2D eigenvalue weighted by Gasteiger charge is -2.04. The Kier molecular flexibility index (Phi) is 5.63. The molecule has 3 aromatic rings.